The molecule has 0 fully saturated rings. The van der Waals surface area contributed by atoms with E-state index in [1.165, 1.54) is 25.1 Å². The number of phosphoric ester groups is 2. The molecule has 1 aromatic carbocycles. The van der Waals surface area contributed by atoms with Crippen LogP contribution in [0.2, 0.25) is 0 Å². The highest BCUT2D eigenvalue weighted by Crippen LogP contribution is 2.52. The lowest BCUT2D eigenvalue weighted by molar-refractivity contribution is -0.00231. The Morgan fingerprint density at radius 2 is 1.59 bits per heavy atom. The summed E-state index contributed by atoms with van der Waals surface area (Å²) in [4.78, 5) is 12.3. The van der Waals surface area contributed by atoms with Crippen LogP contribution >= 0.6 is 15.6 Å². The van der Waals surface area contributed by atoms with E-state index in [0.717, 1.165) is 0 Å². The van der Waals surface area contributed by atoms with Gasteiger partial charge in [0, 0.05) is 0 Å². The maximum atomic E-state index is 12.7. The van der Waals surface area contributed by atoms with Crippen molar-refractivity contribution < 1.29 is 56.0 Å². The molecule has 0 aliphatic rings. The molecule has 180 valence electrons. The lowest BCUT2D eigenvalue weighted by Crippen LogP contribution is -2.27. The fourth-order valence-corrected chi connectivity index (χ4v) is 4.43. The summed E-state index contributed by atoms with van der Waals surface area (Å²) in [7, 11) is -8.30. The van der Waals surface area contributed by atoms with Crippen LogP contribution in [-0.2, 0) is 41.0 Å². The third kappa shape index (κ3) is 8.81. The zero-order chi connectivity index (χ0) is 24.2. The Morgan fingerprint density at radius 3 is 2.16 bits per heavy atom. The number of rotatable bonds is 15. The van der Waals surface area contributed by atoms with Crippen LogP contribution in [0.15, 0.2) is 18.2 Å². The first-order valence-corrected chi connectivity index (χ1v) is 12.3. The summed E-state index contributed by atoms with van der Waals surface area (Å²) in [6.45, 7) is 3.27. The van der Waals surface area contributed by atoms with E-state index in [-0.39, 0.29) is 25.4 Å². The van der Waals surface area contributed by atoms with Crippen LogP contribution < -0.4 is 0 Å². The number of aromatic hydroxyl groups is 2. The average molecular weight is 496 g/mol. The molecule has 2 unspecified atom stereocenters. The monoisotopic (exact) mass is 496 g/mol. The molecule has 12 nitrogen and oxygen atoms in total. The second-order valence-corrected chi connectivity index (χ2v) is 8.87. The van der Waals surface area contributed by atoms with Crippen LogP contribution in [0.1, 0.15) is 31.1 Å². The van der Waals surface area contributed by atoms with Gasteiger partial charge in [0.05, 0.1) is 26.4 Å². The Kier molecular flexibility index (Phi) is 11.8. The molecule has 1 aromatic rings. The largest absolute Gasteiger partial charge is 0.538 e. The highest BCUT2D eigenvalue weighted by atomic mass is 31.2. The fourth-order valence-electron chi connectivity index (χ4n) is 2.14. The van der Waals surface area contributed by atoms with Gasteiger partial charge in [-0.2, -0.15) is 0 Å². The Morgan fingerprint density at radius 1 is 1.00 bits per heavy atom. The normalized spacial score (nSPS) is 14.2. The van der Waals surface area contributed by atoms with Crippen molar-refractivity contribution >= 4 is 21.6 Å². The molecule has 14 heteroatoms. The van der Waals surface area contributed by atoms with E-state index in [0.29, 0.717) is 0 Å². The Balaban J connectivity index is 3.01. The molecule has 2 atom stereocenters. The highest BCUT2D eigenvalue weighted by Gasteiger charge is 2.35. The average Bonchev–Trinajstić information content (AvgIpc) is 2.72. The number of hydrogen-bond donors (Lipinski definition) is 2. The molecule has 0 spiro atoms. The van der Waals surface area contributed by atoms with Crippen LogP contribution in [0.5, 0.6) is 11.5 Å². The third-order valence-electron chi connectivity index (χ3n) is 3.36. The second kappa shape index (κ2) is 13.5. The lowest BCUT2D eigenvalue weighted by Gasteiger charge is -2.24. The molecule has 0 saturated carbocycles. The molecular weight excluding hydrogens is 470 g/mol. The van der Waals surface area contributed by atoms with Crippen molar-refractivity contribution in [2.24, 2.45) is 0 Å². The number of hydrogen-bond acceptors (Lipinski definition) is 12. The summed E-state index contributed by atoms with van der Waals surface area (Å²) < 4.78 is 60.1. The van der Waals surface area contributed by atoms with Crippen LogP contribution in [-0.4, -0.2) is 55.3 Å². The number of benzene rings is 1. The number of terminal acetylenes is 1. The van der Waals surface area contributed by atoms with Gasteiger partial charge in [0.15, 0.2) is 11.5 Å². The van der Waals surface area contributed by atoms with Gasteiger partial charge in [0.2, 0.25) is 0 Å². The molecule has 0 radical (unpaired) electrons. The number of carbonyl (C=O) groups excluding carboxylic acids is 1. The maximum Gasteiger partial charge on any atom is 0.538 e. The number of phenolic OH excluding ortho intramolecular Hbond substituents is 2. The maximum absolute atomic E-state index is 12.7. The van der Waals surface area contributed by atoms with Crippen molar-refractivity contribution in [2.45, 2.75) is 26.9 Å². The predicted molar refractivity (Wildman–Crippen MR) is 111 cm³/mol. The van der Waals surface area contributed by atoms with E-state index in [4.69, 9.17) is 33.8 Å². The standard InChI is InChI=1S/C18H26O12P2/c1-5-25-31(22,26-6-2)29-13-14(30-32(23,27-7-3)28-8-4)12-24-18(21)15-10-9-11-16(19)17(15)20/h1,9-11,14,19-20H,6-8,12-13H2,2-4H3. The molecular formula is C18H26O12P2. The molecule has 0 amide bonds. The summed E-state index contributed by atoms with van der Waals surface area (Å²) in [5, 5.41) is 19.3. The van der Waals surface area contributed by atoms with Crippen molar-refractivity contribution in [1.29, 1.82) is 0 Å². The summed E-state index contributed by atoms with van der Waals surface area (Å²) in [6, 6.07) is 3.69. The Hall–Kier alpha value is -2.09. The van der Waals surface area contributed by atoms with Crippen molar-refractivity contribution in [2.75, 3.05) is 33.0 Å². The SMILES string of the molecule is C#COP(=O)(OCC)OCC(COC(=O)c1cccc(O)c1O)OP(=O)(OCC)OCC. The molecule has 0 aliphatic carbocycles. The summed E-state index contributed by atoms with van der Waals surface area (Å²) in [5.74, 6) is -2.26. The topological polar surface area (TPSA) is 156 Å². The van der Waals surface area contributed by atoms with Crippen molar-refractivity contribution in [3.63, 3.8) is 0 Å². The molecule has 0 heterocycles. The number of carbonyl (C=O) groups is 1. The summed E-state index contributed by atoms with van der Waals surface area (Å²) in [6.07, 6.45) is 5.33. The molecule has 32 heavy (non-hydrogen) atoms. The third-order valence-corrected chi connectivity index (χ3v) is 6.43. The first-order valence-electron chi connectivity index (χ1n) is 9.42. The first kappa shape index (κ1) is 27.9. The molecule has 0 bridgehead atoms. The van der Waals surface area contributed by atoms with Gasteiger partial charge < -0.3 is 19.5 Å². The number of esters is 1. The van der Waals surface area contributed by atoms with E-state index in [1.54, 1.807) is 20.0 Å². The van der Waals surface area contributed by atoms with Gasteiger partial charge in [-0.05, 0) is 32.9 Å². The number of phosphoric acid groups is 2. The van der Waals surface area contributed by atoms with Gasteiger partial charge in [-0.3, -0.25) is 22.6 Å². The smallest absolute Gasteiger partial charge is 0.504 e. The van der Waals surface area contributed by atoms with E-state index >= 15 is 0 Å². The van der Waals surface area contributed by atoms with Crippen molar-refractivity contribution in [3.8, 4) is 24.0 Å². The van der Waals surface area contributed by atoms with Crippen molar-refractivity contribution in [3.05, 3.63) is 23.8 Å². The van der Waals surface area contributed by atoms with Gasteiger partial charge in [-0.25, -0.2) is 13.9 Å². The highest BCUT2D eigenvalue weighted by molar-refractivity contribution is 7.49. The van der Waals surface area contributed by atoms with Crippen molar-refractivity contribution in [1.82, 2.24) is 0 Å². The molecule has 2 N–H and O–H groups in total. The van der Waals surface area contributed by atoms with Crippen LogP contribution in [0, 0.1) is 12.5 Å². The zero-order valence-corrected chi connectivity index (χ0v) is 19.6. The van der Waals surface area contributed by atoms with Gasteiger partial charge in [-0.1, -0.05) is 12.5 Å². The fraction of sp³-hybridized carbons (Fsp3) is 0.500. The minimum absolute atomic E-state index is 0.0283. The van der Waals surface area contributed by atoms with Crippen LogP contribution in [0.3, 0.4) is 0 Å². The number of ether oxygens (including phenoxy) is 1. The molecule has 0 aromatic heterocycles. The lowest BCUT2D eigenvalue weighted by atomic mass is 10.2. The summed E-state index contributed by atoms with van der Waals surface area (Å²) >= 11 is 0. The Labute approximate surface area is 185 Å². The zero-order valence-electron chi connectivity index (χ0n) is 17.8. The number of phenols is 2. The second-order valence-electron chi connectivity index (χ2n) is 5.65. The molecule has 0 aliphatic heterocycles. The van der Waals surface area contributed by atoms with Crippen LogP contribution in [0.4, 0.5) is 0 Å². The van der Waals surface area contributed by atoms with Crippen LogP contribution in [0.25, 0.3) is 0 Å². The van der Waals surface area contributed by atoms with Gasteiger partial charge in [0.1, 0.15) is 24.4 Å². The van der Waals surface area contributed by atoms with Gasteiger partial charge >= 0.3 is 21.6 Å². The van der Waals surface area contributed by atoms with E-state index < -0.39 is 52.4 Å². The van der Waals surface area contributed by atoms with E-state index in [2.05, 4.69) is 4.52 Å². The van der Waals surface area contributed by atoms with E-state index in [1.807, 2.05) is 0 Å². The quantitative estimate of drug-likeness (QED) is 0.158. The Bertz CT molecular complexity index is 871. The number of para-hydroxylation sites is 1. The van der Waals surface area contributed by atoms with Gasteiger partial charge in [0.25, 0.3) is 0 Å². The van der Waals surface area contributed by atoms with Gasteiger partial charge in [-0.15, -0.1) is 0 Å². The predicted octanol–water partition coefficient (Wildman–Crippen LogP) is 3.59. The summed E-state index contributed by atoms with van der Waals surface area (Å²) in [5.41, 5.74) is -0.335. The minimum Gasteiger partial charge on any atom is -0.504 e. The minimum atomic E-state index is -4.19. The molecule has 1 rings (SSSR count). The van der Waals surface area contributed by atoms with E-state index in [9.17, 15) is 24.1 Å². The first-order chi connectivity index (χ1) is 15.1. The molecule has 0 saturated heterocycles.